The maximum absolute atomic E-state index is 14.1. The summed E-state index contributed by atoms with van der Waals surface area (Å²) < 4.78 is 15.1. The molecule has 5 rings (SSSR count). The molecule has 4 heterocycles. The van der Waals surface area contributed by atoms with E-state index in [1.165, 1.54) is 17.0 Å². The summed E-state index contributed by atoms with van der Waals surface area (Å²) in [5, 5.41) is 13.3. The molecule has 10 nitrogen and oxygen atoms in total. The van der Waals surface area contributed by atoms with Crippen LogP contribution in [-0.4, -0.2) is 107 Å². The highest BCUT2D eigenvalue weighted by Crippen LogP contribution is 2.40. The summed E-state index contributed by atoms with van der Waals surface area (Å²) in [6.07, 6.45) is -0.598. The Morgan fingerprint density at radius 1 is 1.10 bits per heavy atom. The number of hydrogen-bond donors (Lipinski definition) is 2. The van der Waals surface area contributed by atoms with E-state index in [9.17, 15) is 23.9 Å². The standard InChI is InChI=1S/C31H43FN6O4/c1-20-14-33-10-11-35(20)16-25-17-37(30(41)42)21(2)15-36(25)18-27(39)38-19-31(3,4)28-26(38)13-23(29(40)34(28)5)12-22-6-8-24(32)9-7-22/h6-9,13,20-21,25,33H,10-12,14-19H2,1-5H3,(H,41,42)/t20-,21-,25+/m1/s1. The number of aromatic nitrogens is 1. The number of carbonyl (C=O) groups excluding carboxylic acids is 1. The molecule has 11 heteroatoms. The van der Waals surface area contributed by atoms with Crippen LogP contribution in [0.15, 0.2) is 35.1 Å². The van der Waals surface area contributed by atoms with Gasteiger partial charge in [0, 0.05) is 88.4 Å². The summed E-state index contributed by atoms with van der Waals surface area (Å²) in [4.78, 5) is 47.3. The number of nitrogens with zero attached hydrogens (tertiary/aromatic N) is 5. The molecular weight excluding hydrogens is 539 g/mol. The molecule has 2 amide bonds. The van der Waals surface area contributed by atoms with Crippen molar-refractivity contribution >= 4 is 17.7 Å². The molecule has 3 atom stereocenters. The van der Waals surface area contributed by atoms with Gasteiger partial charge in [0.15, 0.2) is 0 Å². The van der Waals surface area contributed by atoms with E-state index in [1.807, 2.05) is 26.8 Å². The van der Waals surface area contributed by atoms with Crippen molar-refractivity contribution in [3.05, 3.63) is 63.3 Å². The van der Waals surface area contributed by atoms with E-state index in [2.05, 4.69) is 22.0 Å². The summed E-state index contributed by atoms with van der Waals surface area (Å²) in [5.41, 5.74) is 2.36. The number of pyridine rings is 1. The van der Waals surface area contributed by atoms with Gasteiger partial charge in [0.25, 0.3) is 5.56 Å². The zero-order valence-electron chi connectivity index (χ0n) is 25.3. The highest BCUT2D eigenvalue weighted by molar-refractivity contribution is 5.97. The van der Waals surface area contributed by atoms with Gasteiger partial charge in [0.05, 0.1) is 17.9 Å². The third-order valence-corrected chi connectivity index (χ3v) is 9.19. The number of amides is 2. The molecule has 2 aromatic rings. The Balaban J connectivity index is 1.42. The van der Waals surface area contributed by atoms with Crippen molar-refractivity contribution in [2.45, 2.75) is 57.7 Å². The van der Waals surface area contributed by atoms with Gasteiger partial charge in [0.2, 0.25) is 5.91 Å². The lowest BCUT2D eigenvalue weighted by atomic mass is 9.90. The normalized spacial score (nSPS) is 24.6. The SMILES string of the molecule is C[C@@H]1CNCCN1C[C@H]1CN(C(=O)O)[C@H](C)CN1CC(=O)N1CC(C)(C)c2c1cc(Cc1ccc(F)cc1)c(=O)n2C. The average Bonchev–Trinajstić information content (AvgIpc) is 3.21. The molecule has 0 unspecified atom stereocenters. The number of benzene rings is 1. The molecule has 0 bridgehead atoms. The van der Waals surface area contributed by atoms with E-state index in [0.29, 0.717) is 44.2 Å². The molecule has 0 spiro atoms. The van der Waals surface area contributed by atoms with Crippen LogP contribution in [0.5, 0.6) is 0 Å². The highest BCUT2D eigenvalue weighted by Gasteiger charge is 2.43. The van der Waals surface area contributed by atoms with Gasteiger partial charge in [-0.05, 0) is 37.6 Å². The summed E-state index contributed by atoms with van der Waals surface area (Å²) in [7, 11) is 1.75. The quantitative estimate of drug-likeness (QED) is 0.538. The van der Waals surface area contributed by atoms with Crippen LogP contribution in [0.1, 0.15) is 44.5 Å². The Morgan fingerprint density at radius 3 is 2.48 bits per heavy atom. The van der Waals surface area contributed by atoms with Crippen LogP contribution in [0, 0.1) is 5.82 Å². The Bertz CT molecular complexity index is 1390. The molecular formula is C31H43FN6O4. The monoisotopic (exact) mass is 582 g/mol. The van der Waals surface area contributed by atoms with Crippen LogP contribution in [-0.2, 0) is 23.7 Å². The van der Waals surface area contributed by atoms with E-state index in [4.69, 9.17) is 0 Å². The first kappa shape index (κ1) is 30.2. The van der Waals surface area contributed by atoms with Gasteiger partial charge < -0.3 is 24.8 Å². The molecule has 2 fully saturated rings. The van der Waals surface area contributed by atoms with Gasteiger partial charge in [0.1, 0.15) is 5.82 Å². The number of halogens is 1. The molecule has 0 saturated carbocycles. The molecule has 42 heavy (non-hydrogen) atoms. The molecule has 3 aliphatic heterocycles. The van der Waals surface area contributed by atoms with Gasteiger partial charge in [-0.25, -0.2) is 9.18 Å². The van der Waals surface area contributed by atoms with Crippen molar-refractivity contribution < 1.29 is 19.1 Å². The van der Waals surface area contributed by atoms with Gasteiger partial charge in [-0.15, -0.1) is 0 Å². The molecule has 3 aliphatic rings. The maximum Gasteiger partial charge on any atom is 0.407 e. The zero-order chi connectivity index (χ0) is 30.3. The Labute approximate surface area is 246 Å². The van der Waals surface area contributed by atoms with E-state index in [-0.39, 0.29) is 35.9 Å². The maximum atomic E-state index is 14.1. The number of carbonyl (C=O) groups is 2. The number of nitrogens with one attached hydrogen (secondary N) is 1. The van der Waals surface area contributed by atoms with E-state index < -0.39 is 11.5 Å². The van der Waals surface area contributed by atoms with Gasteiger partial charge in [-0.1, -0.05) is 26.0 Å². The van der Waals surface area contributed by atoms with E-state index >= 15 is 0 Å². The Kier molecular flexibility index (Phi) is 8.46. The third-order valence-electron chi connectivity index (χ3n) is 9.19. The van der Waals surface area contributed by atoms with Gasteiger partial charge in [-0.3, -0.25) is 19.4 Å². The lowest BCUT2D eigenvalue weighted by Gasteiger charge is -2.47. The molecule has 1 aromatic heterocycles. The number of fused-ring (bicyclic) bond motifs is 1. The first-order valence-electron chi connectivity index (χ1n) is 14.8. The second kappa shape index (κ2) is 11.8. The number of carboxylic acid groups (broad SMARTS) is 1. The lowest BCUT2D eigenvalue weighted by molar-refractivity contribution is -0.121. The van der Waals surface area contributed by atoms with Crippen molar-refractivity contribution in [1.29, 1.82) is 0 Å². The van der Waals surface area contributed by atoms with Crippen molar-refractivity contribution in [2.75, 3.05) is 57.3 Å². The fourth-order valence-electron chi connectivity index (χ4n) is 6.94. The minimum atomic E-state index is -0.934. The average molecular weight is 583 g/mol. The number of piperazine rings is 2. The molecule has 228 valence electrons. The molecule has 2 N–H and O–H groups in total. The van der Waals surface area contributed by atoms with E-state index in [1.54, 1.807) is 28.6 Å². The topological polar surface area (TPSA) is 101 Å². The number of hydrogen-bond acceptors (Lipinski definition) is 6. The van der Waals surface area contributed by atoms with Crippen molar-refractivity contribution in [1.82, 2.24) is 24.6 Å². The van der Waals surface area contributed by atoms with Crippen LogP contribution in [0.4, 0.5) is 14.9 Å². The summed E-state index contributed by atoms with van der Waals surface area (Å²) in [5.74, 6) is -0.398. The van der Waals surface area contributed by atoms with Crippen LogP contribution in [0.25, 0.3) is 0 Å². The van der Waals surface area contributed by atoms with Gasteiger partial charge >= 0.3 is 6.09 Å². The summed E-state index contributed by atoms with van der Waals surface area (Å²) in [6.45, 7) is 12.9. The first-order chi connectivity index (χ1) is 19.9. The highest BCUT2D eigenvalue weighted by atomic mass is 19.1. The smallest absolute Gasteiger partial charge is 0.407 e. The second-order valence-corrected chi connectivity index (χ2v) is 12.8. The van der Waals surface area contributed by atoms with Crippen molar-refractivity contribution in [2.24, 2.45) is 7.05 Å². The largest absolute Gasteiger partial charge is 0.465 e. The molecule has 2 saturated heterocycles. The number of rotatable bonds is 6. The Hall–Kier alpha value is -3.28. The summed E-state index contributed by atoms with van der Waals surface area (Å²) >= 11 is 0. The zero-order valence-corrected chi connectivity index (χ0v) is 25.3. The lowest BCUT2D eigenvalue weighted by Crippen LogP contribution is -2.64. The Morgan fingerprint density at radius 2 is 1.81 bits per heavy atom. The van der Waals surface area contributed by atoms with Crippen LogP contribution >= 0.6 is 0 Å². The van der Waals surface area contributed by atoms with Gasteiger partial charge in [-0.2, -0.15) is 0 Å². The first-order valence-corrected chi connectivity index (χ1v) is 14.8. The fourth-order valence-corrected chi connectivity index (χ4v) is 6.94. The van der Waals surface area contributed by atoms with Crippen LogP contribution in [0.2, 0.25) is 0 Å². The summed E-state index contributed by atoms with van der Waals surface area (Å²) in [6, 6.07) is 7.91. The predicted octanol–water partition coefficient (Wildman–Crippen LogP) is 2.09. The minimum Gasteiger partial charge on any atom is -0.465 e. The molecule has 0 aliphatic carbocycles. The predicted molar refractivity (Wildman–Crippen MR) is 160 cm³/mol. The number of anilines is 1. The van der Waals surface area contributed by atoms with Crippen LogP contribution < -0.4 is 15.8 Å². The van der Waals surface area contributed by atoms with Crippen molar-refractivity contribution in [3.8, 4) is 0 Å². The fraction of sp³-hybridized carbons (Fsp3) is 0.581. The van der Waals surface area contributed by atoms with Crippen molar-refractivity contribution in [3.63, 3.8) is 0 Å². The molecule has 0 radical (unpaired) electrons. The van der Waals surface area contributed by atoms with Crippen LogP contribution in [0.3, 0.4) is 0 Å². The molecule has 1 aromatic carbocycles. The third kappa shape index (κ3) is 5.95. The second-order valence-electron chi connectivity index (χ2n) is 12.8. The minimum absolute atomic E-state index is 0.0671. The van der Waals surface area contributed by atoms with E-state index in [0.717, 1.165) is 36.6 Å².